The molecule has 5 atom stereocenters. The van der Waals surface area contributed by atoms with E-state index in [0.717, 1.165) is 59.5 Å². The molecule has 0 unspecified atom stereocenters. The van der Waals surface area contributed by atoms with Gasteiger partial charge in [-0.3, -0.25) is 14.4 Å². The topological polar surface area (TPSA) is 99.6 Å². The highest BCUT2D eigenvalue weighted by atomic mass is 28.3. The highest BCUT2D eigenvalue weighted by Gasteiger charge is 2.66. The number of rotatable bonds is 9. The molecule has 9 nitrogen and oxygen atoms in total. The average molecular weight is 736 g/mol. The Labute approximate surface area is 314 Å². The summed E-state index contributed by atoms with van der Waals surface area (Å²) in [7, 11) is -0.863. The summed E-state index contributed by atoms with van der Waals surface area (Å²) in [6.45, 7) is 11.9. The van der Waals surface area contributed by atoms with E-state index in [4.69, 9.17) is 9.47 Å². The lowest BCUT2D eigenvalue weighted by atomic mass is 9.82. The van der Waals surface area contributed by atoms with Crippen LogP contribution in [0.2, 0.25) is 18.6 Å². The van der Waals surface area contributed by atoms with E-state index in [0.29, 0.717) is 32.5 Å². The van der Waals surface area contributed by atoms with Crippen LogP contribution >= 0.6 is 0 Å². The van der Waals surface area contributed by atoms with Crippen LogP contribution in [0.15, 0.2) is 79.4 Å². The molecule has 10 heteroatoms. The van der Waals surface area contributed by atoms with Crippen molar-refractivity contribution in [3.8, 4) is 5.75 Å². The fraction of sp³-hybridized carbons (Fsp3) is 0.465. The van der Waals surface area contributed by atoms with E-state index in [1.807, 2.05) is 53.4 Å². The van der Waals surface area contributed by atoms with Crippen LogP contribution in [0.4, 0.5) is 11.4 Å². The molecule has 1 spiro atoms. The number of ether oxygens (including phenoxy) is 2. The Balaban J connectivity index is 1.32. The zero-order valence-electron chi connectivity index (χ0n) is 31.6. The number of fused-ring (bicyclic) bond motifs is 3. The molecule has 3 aromatic carbocycles. The SMILES string of the molecule is C=CCN1C(=O)[C@]2(O[C@H](CC(=O)N3Cc4ccccc4C[C@H]3CO)[C@@H]([Si](C)(C)c3ccc(OC)cc3)[C@@H]2C)c2cc(N3CCCCCCC3=O)ccc21. The monoisotopic (exact) mass is 735 g/mol. The van der Waals surface area contributed by atoms with Crippen LogP contribution < -0.4 is 19.7 Å². The van der Waals surface area contributed by atoms with Crippen molar-refractivity contribution in [1.82, 2.24) is 4.90 Å². The van der Waals surface area contributed by atoms with Crippen molar-refractivity contribution in [3.63, 3.8) is 0 Å². The van der Waals surface area contributed by atoms with Gasteiger partial charge in [-0.1, -0.05) is 80.5 Å². The second-order valence-electron chi connectivity index (χ2n) is 15.8. The summed E-state index contributed by atoms with van der Waals surface area (Å²) >= 11 is 0. The molecule has 3 aromatic rings. The normalized spacial score (nSPS) is 25.9. The lowest BCUT2D eigenvalue weighted by Gasteiger charge is -2.39. The Hall–Kier alpha value is -4.25. The fourth-order valence-corrected chi connectivity index (χ4v) is 13.8. The Kier molecular flexibility index (Phi) is 10.4. The van der Waals surface area contributed by atoms with E-state index in [2.05, 4.69) is 44.8 Å². The van der Waals surface area contributed by atoms with E-state index in [9.17, 15) is 14.7 Å². The van der Waals surface area contributed by atoms with Crippen LogP contribution in [0, 0.1) is 5.92 Å². The van der Waals surface area contributed by atoms with Crippen molar-refractivity contribution < 1.29 is 29.0 Å². The van der Waals surface area contributed by atoms with Gasteiger partial charge in [-0.15, -0.1) is 6.58 Å². The minimum atomic E-state index is -2.52. The second kappa shape index (κ2) is 14.9. The maximum absolute atomic E-state index is 15.0. The molecule has 3 amide bonds. The largest absolute Gasteiger partial charge is 0.497 e. The molecule has 0 saturated carbocycles. The summed E-state index contributed by atoms with van der Waals surface area (Å²) in [5.74, 6) is 0.312. The lowest BCUT2D eigenvalue weighted by molar-refractivity contribution is -0.150. The van der Waals surface area contributed by atoms with Gasteiger partial charge in [0, 0.05) is 43.2 Å². The van der Waals surface area contributed by atoms with Crippen molar-refractivity contribution >= 4 is 42.4 Å². The quantitative estimate of drug-likeness (QED) is 0.212. The number of carbonyl (C=O) groups is 3. The third-order valence-corrected chi connectivity index (χ3v) is 16.9. The first kappa shape index (κ1) is 37.1. The molecule has 280 valence electrons. The number of carbonyl (C=O) groups excluding carboxylic acids is 3. The molecule has 0 aromatic heterocycles. The average Bonchev–Trinajstić information content (AvgIpc) is 3.58. The Morgan fingerprint density at radius 3 is 2.49 bits per heavy atom. The van der Waals surface area contributed by atoms with Crippen LogP contribution in [-0.4, -0.2) is 74.8 Å². The zero-order valence-corrected chi connectivity index (χ0v) is 32.6. The number of anilines is 2. The molecule has 53 heavy (non-hydrogen) atoms. The number of amides is 3. The third kappa shape index (κ3) is 6.42. The molecule has 4 aliphatic rings. The van der Waals surface area contributed by atoms with Gasteiger partial charge in [0.1, 0.15) is 5.75 Å². The maximum Gasteiger partial charge on any atom is 0.264 e. The maximum atomic E-state index is 15.0. The van der Waals surface area contributed by atoms with E-state index in [1.165, 1.54) is 5.19 Å². The van der Waals surface area contributed by atoms with Crippen molar-refractivity contribution in [3.05, 3.63) is 96.1 Å². The third-order valence-electron chi connectivity index (χ3n) is 12.5. The molecule has 0 radical (unpaired) electrons. The van der Waals surface area contributed by atoms with Gasteiger partial charge in [0.05, 0.1) is 46.0 Å². The molecular formula is C43H53N3O6Si. The minimum absolute atomic E-state index is 0.0797. The van der Waals surface area contributed by atoms with Gasteiger partial charge < -0.3 is 29.3 Å². The Morgan fingerprint density at radius 2 is 1.77 bits per heavy atom. The Bertz CT molecular complexity index is 1880. The van der Waals surface area contributed by atoms with E-state index >= 15 is 4.79 Å². The van der Waals surface area contributed by atoms with Gasteiger partial charge in [0.2, 0.25) is 11.8 Å². The van der Waals surface area contributed by atoms with Crippen LogP contribution in [-0.2, 0) is 37.7 Å². The van der Waals surface area contributed by atoms with Gasteiger partial charge in [0.25, 0.3) is 5.91 Å². The highest BCUT2D eigenvalue weighted by molar-refractivity contribution is 6.91. The zero-order chi connectivity index (χ0) is 37.5. The molecule has 1 N–H and O–H groups in total. The predicted octanol–water partition coefficient (Wildman–Crippen LogP) is 6.08. The van der Waals surface area contributed by atoms with Gasteiger partial charge in [-0.2, -0.15) is 0 Å². The molecule has 2 saturated heterocycles. The smallest absolute Gasteiger partial charge is 0.264 e. The summed E-state index contributed by atoms with van der Waals surface area (Å²) in [5, 5.41) is 11.7. The molecule has 4 aliphatic heterocycles. The molecule has 0 aliphatic carbocycles. The summed E-state index contributed by atoms with van der Waals surface area (Å²) in [6, 6.07) is 21.9. The van der Waals surface area contributed by atoms with Crippen molar-refractivity contribution in [2.45, 2.75) is 94.8 Å². The first-order valence-corrected chi connectivity index (χ1v) is 22.3. The standard InChI is InChI=1S/C43H53N3O6Si/c1-6-22-45-37-21-16-32(44-23-12-8-7-9-15-39(44)48)25-36(37)43(42(45)50)29(2)41(53(4,5)35-19-17-34(51-3)18-20-35)38(52-43)26-40(49)46-27-31-14-11-10-13-30(31)24-33(46)28-47/h6,10-11,13-14,16-21,25,29,33,38,41,47H,1,7-9,12,15,22-24,26-28H2,2-5H3/t29-,33-,38+,41-,43+/m0/s1. The summed E-state index contributed by atoms with van der Waals surface area (Å²) < 4.78 is 12.8. The summed E-state index contributed by atoms with van der Waals surface area (Å²) in [4.78, 5) is 48.5. The van der Waals surface area contributed by atoms with E-state index < -0.39 is 19.8 Å². The van der Waals surface area contributed by atoms with Gasteiger partial charge in [-0.25, -0.2) is 0 Å². The minimum Gasteiger partial charge on any atom is -0.497 e. The van der Waals surface area contributed by atoms with E-state index in [-0.39, 0.29) is 48.3 Å². The van der Waals surface area contributed by atoms with Gasteiger partial charge in [0.15, 0.2) is 5.60 Å². The lowest BCUT2D eigenvalue weighted by Crippen LogP contribution is -2.52. The molecule has 7 rings (SSSR count). The molecular weight excluding hydrogens is 683 g/mol. The first-order valence-electron chi connectivity index (χ1n) is 19.2. The fourth-order valence-electron chi connectivity index (χ4n) is 9.74. The predicted molar refractivity (Wildman–Crippen MR) is 210 cm³/mol. The number of hydrogen-bond donors (Lipinski definition) is 1. The molecule has 2 fully saturated rings. The number of aliphatic hydroxyl groups excluding tert-OH is 1. The van der Waals surface area contributed by atoms with Crippen molar-refractivity contribution in [1.29, 1.82) is 0 Å². The first-order chi connectivity index (χ1) is 25.5. The summed E-state index contributed by atoms with van der Waals surface area (Å²) in [6.07, 6.45) is 6.24. The number of benzene rings is 3. The molecule has 4 heterocycles. The highest BCUT2D eigenvalue weighted by Crippen LogP contribution is 2.60. The van der Waals surface area contributed by atoms with Crippen LogP contribution in [0.25, 0.3) is 0 Å². The number of methoxy groups -OCH3 is 1. The van der Waals surface area contributed by atoms with Crippen molar-refractivity contribution in [2.75, 3.05) is 36.6 Å². The Morgan fingerprint density at radius 1 is 1.04 bits per heavy atom. The number of nitrogens with zero attached hydrogens (tertiary/aromatic N) is 3. The molecule has 0 bridgehead atoms. The number of aliphatic hydroxyl groups is 1. The van der Waals surface area contributed by atoms with Crippen LogP contribution in [0.1, 0.15) is 62.1 Å². The summed E-state index contributed by atoms with van der Waals surface area (Å²) in [5.41, 5.74) is 3.01. The van der Waals surface area contributed by atoms with Crippen LogP contribution in [0.3, 0.4) is 0 Å². The number of hydrogen-bond acceptors (Lipinski definition) is 6. The van der Waals surface area contributed by atoms with Crippen molar-refractivity contribution in [2.24, 2.45) is 5.92 Å². The van der Waals surface area contributed by atoms with E-state index in [1.54, 1.807) is 23.0 Å². The second-order valence-corrected chi connectivity index (χ2v) is 20.5. The van der Waals surface area contributed by atoms with Gasteiger partial charge in [-0.05, 0) is 66.3 Å². The van der Waals surface area contributed by atoms with Crippen LogP contribution in [0.5, 0.6) is 5.75 Å². The van der Waals surface area contributed by atoms with Gasteiger partial charge >= 0.3 is 0 Å².